The van der Waals surface area contributed by atoms with E-state index < -0.39 is 0 Å². The maximum Gasteiger partial charge on any atom is 0.248 e. The van der Waals surface area contributed by atoms with E-state index in [0.717, 1.165) is 16.8 Å². The molecule has 0 atom stereocenters. The van der Waals surface area contributed by atoms with Crippen molar-refractivity contribution in [3.05, 3.63) is 82.0 Å². The highest BCUT2D eigenvalue weighted by atomic mass is 35.5. The summed E-state index contributed by atoms with van der Waals surface area (Å²) in [5.41, 5.74) is 2.66. The lowest BCUT2D eigenvalue weighted by atomic mass is 10.2. The Morgan fingerprint density at radius 3 is 2.36 bits per heavy atom. The third-order valence-corrected chi connectivity index (χ3v) is 3.93. The van der Waals surface area contributed by atoms with E-state index in [0.29, 0.717) is 21.6 Å². The molecule has 0 aliphatic carbocycles. The fourth-order valence-corrected chi connectivity index (χ4v) is 2.80. The number of benzene rings is 2. The molecule has 0 saturated heterocycles. The molecular weight excluding hydrogens is 357 g/mol. The molecule has 126 valence electrons. The summed E-state index contributed by atoms with van der Waals surface area (Å²) in [4.78, 5) is 12.0. The van der Waals surface area contributed by atoms with Crippen molar-refractivity contribution in [2.45, 2.75) is 6.92 Å². The van der Waals surface area contributed by atoms with Gasteiger partial charge in [0.2, 0.25) is 5.91 Å². The van der Waals surface area contributed by atoms with Gasteiger partial charge in [0.05, 0.1) is 0 Å². The van der Waals surface area contributed by atoms with E-state index in [1.165, 1.54) is 6.08 Å². The van der Waals surface area contributed by atoms with Crippen LogP contribution in [0.25, 0.3) is 17.4 Å². The SMILES string of the molecule is Cc1ccc(NC(=O)/C=C/c2ccc(-c3cc(Cl)cc(Cl)c3)o2)cc1. The molecule has 3 rings (SSSR count). The summed E-state index contributed by atoms with van der Waals surface area (Å²) >= 11 is 12.0. The zero-order chi connectivity index (χ0) is 17.8. The molecule has 0 aliphatic heterocycles. The standard InChI is InChI=1S/C20H15Cl2NO2/c1-13-2-4-17(5-3-13)23-20(24)9-7-18-6-8-19(25-18)14-10-15(21)12-16(22)11-14/h2-12H,1H3,(H,23,24)/b9-7+. The molecule has 3 aromatic rings. The minimum absolute atomic E-state index is 0.229. The van der Waals surface area contributed by atoms with Crippen LogP contribution in [0.2, 0.25) is 10.0 Å². The van der Waals surface area contributed by atoms with Crippen LogP contribution in [0.5, 0.6) is 0 Å². The lowest BCUT2D eigenvalue weighted by Gasteiger charge is -2.01. The van der Waals surface area contributed by atoms with Crippen LogP contribution in [0, 0.1) is 6.92 Å². The molecule has 3 nitrogen and oxygen atoms in total. The van der Waals surface area contributed by atoms with Crippen LogP contribution in [0.1, 0.15) is 11.3 Å². The Bertz CT molecular complexity index is 907. The largest absolute Gasteiger partial charge is 0.457 e. The molecule has 25 heavy (non-hydrogen) atoms. The first-order valence-electron chi connectivity index (χ1n) is 7.62. The van der Waals surface area contributed by atoms with E-state index in [1.807, 2.05) is 31.2 Å². The van der Waals surface area contributed by atoms with Gasteiger partial charge in [-0.15, -0.1) is 0 Å². The summed E-state index contributed by atoms with van der Waals surface area (Å²) in [6.45, 7) is 1.99. The third kappa shape index (κ3) is 4.75. The van der Waals surface area contributed by atoms with Crippen LogP contribution in [-0.4, -0.2) is 5.91 Å². The fourth-order valence-electron chi connectivity index (χ4n) is 2.27. The minimum Gasteiger partial charge on any atom is -0.457 e. The minimum atomic E-state index is -0.229. The molecule has 0 unspecified atom stereocenters. The Balaban J connectivity index is 1.69. The lowest BCUT2D eigenvalue weighted by molar-refractivity contribution is -0.111. The summed E-state index contributed by atoms with van der Waals surface area (Å²) in [7, 11) is 0. The van der Waals surface area contributed by atoms with Gasteiger partial charge < -0.3 is 9.73 Å². The number of rotatable bonds is 4. The Labute approximate surface area is 155 Å². The first kappa shape index (κ1) is 17.3. The molecular formula is C20H15Cl2NO2. The Hall–Kier alpha value is -2.49. The monoisotopic (exact) mass is 371 g/mol. The number of furan rings is 1. The second kappa shape index (κ2) is 7.60. The third-order valence-electron chi connectivity index (χ3n) is 3.49. The van der Waals surface area contributed by atoms with E-state index >= 15 is 0 Å². The van der Waals surface area contributed by atoms with Gasteiger partial charge in [-0.1, -0.05) is 40.9 Å². The molecule has 0 saturated carbocycles. The average Bonchev–Trinajstić information content (AvgIpc) is 3.03. The Morgan fingerprint density at radius 1 is 1.00 bits per heavy atom. The van der Waals surface area contributed by atoms with Crippen molar-refractivity contribution in [2.75, 3.05) is 5.32 Å². The van der Waals surface area contributed by atoms with Crippen molar-refractivity contribution in [2.24, 2.45) is 0 Å². The number of carbonyl (C=O) groups excluding carboxylic acids is 1. The van der Waals surface area contributed by atoms with Crippen LogP contribution in [0.3, 0.4) is 0 Å². The number of hydrogen-bond acceptors (Lipinski definition) is 2. The molecule has 0 spiro atoms. The normalized spacial score (nSPS) is 11.0. The van der Waals surface area contributed by atoms with Gasteiger partial charge in [-0.05, 0) is 55.5 Å². The zero-order valence-corrected chi connectivity index (χ0v) is 14.9. The number of nitrogens with one attached hydrogen (secondary N) is 1. The van der Waals surface area contributed by atoms with Gasteiger partial charge >= 0.3 is 0 Å². The number of aryl methyl sites for hydroxylation is 1. The van der Waals surface area contributed by atoms with Crippen LogP contribution >= 0.6 is 23.2 Å². The zero-order valence-electron chi connectivity index (χ0n) is 13.4. The molecule has 0 fully saturated rings. The van der Waals surface area contributed by atoms with Crippen molar-refractivity contribution < 1.29 is 9.21 Å². The van der Waals surface area contributed by atoms with E-state index in [4.69, 9.17) is 27.6 Å². The van der Waals surface area contributed by atoms with Gasteiger partial charge in [0, 0.05) is 27.4 Å². The van der Waals surface area contributed by atoms with Gasteiger partial charge in [0.1, 0.15) is 11.5 Å². The van der Waals surface area contributed by atoms with Crippen molar-refractivity contribution in [1.82, 2.24) is 0 Å². The van der Waals surface area contributed by atoms with Crippen LogP contribution in [-0.2, 0) is 4.79 Å². The van der Waals surface area contributed by atoms with Crippen LogP contribution in [0.15, 0.2) is 65.1 Å². The van der Waals surface area contributed by atoms with Gasteiger partial charge in [0.25, 0.3) is 0 Å². The van der Waals surface area contributed by atoms with Gasteiger partial charge in [-0.2, -0.15) is 0 Å². The second-order valence-corrected chi connectivity index (χ2v) is 6.42. The lowest BCUT2D eigenvalue weighted by Crippen LogP contribution is -2.07. The van der Waals surface area contributed by atoms with Crippen LogP contribution < -0.4 is 5.32 Å². The molecule has 0 bridgehead atoms. The average molecular weight is 372 g/mol. The summed E-state index contributed by atoms with van der Waals surface area (Å²) < 4.78 is 5.71. The molecule has 1 aromatic heterocycles. The second-order valence-electron chi connectivity index (χ2n) is 5.55. The van der Waals surface area contributed by atoms with E-state index in [9.17, 15) is 4.79 Å². The molecule has 5 heteroatoms. The number of amides is 1. The van der Waals surface area contributed by atoms with E-state index in [1.54, 1.807) is 36.4 Å². The van der Waals surface area contributed by atoms with Crippen molar-refractivity contribution in [3.63, 3.8) is 0 Å². The number of carbonyl (C=O) groups is 1. The van der Waals surface area contributed by atoms with Gasteiger partial charge in [-0.3, -0.25) is 4.79 Å². The first-order valence-corrected chi connectivity index (χ1v) is 8.37. The van der Waals surface area contributed by atoms with Crippen LogP contribution in [0.4, 0.5) is 5.69 Å². The topological polar surface area (TPSA) is 42.2 Å². The molecule has 0 aliphatic rings. The Morgan fingerprint density at radius 2 is 1.68 bits per heavy atom. The van der Waals surface area contributed by atoms with Crippen molar-refractivity contribution in [1.29, 1.82) is 0 Å². The number of anilines is 1. The smallest absolute Gasteiger partial charge is 0.248 e. The predicted molar refractivity (Wildman–Crippen MR) is 103 cm³/mol. The van der Waals surface area contributed by atoms with Crippen molar-refractivity contribution >= 4 is 40.9 Å². The van der Waals surface area contributed by atoms with Crippen molar-refractivity contribution in [3.8, 4) is 11.3 Å². The number of hydrogen-bond donors (Lipinski definition) is 1. The molecule has 1 amide bonds. The number of halogens is 2. The maximum atomic E-state index is 12.0. The first-order chi connectivity index (χ1) is 12.0. The quantitative estimate of drug-likeness (QED) is 0.553. The summed E-state index contributed by atoms with van der Waals surface area (Å²) in [5.74, 6) is 0.959. The molecule has 0 radical (unpaired) electrons. The Kier molecular flexibility index (Phi) is 5.27. The molecule has 2 aromatic carbocycles. The molecule has 1 heterocycles. The van der Waals surface area contributed by atoms with Gasteiger partial charge in [0.15, 0.2) is 0 Å². The highest BCUT2D eigenvalue weighted by Crippen LogP contribution is 2.28. The van der Waals surface area contributed by atoms with Gasteiger partial charge in [-0.25, -0.2) is 0 Å². The molecule has 1 N–H and O–H groups in total. The summed E-state index contributed by atoms with van der Waals surface area (Å²) in [5, 5.41) is 3.86. The summed E-state index contributed by atoms with van der Waals surface area (Å²) in [6, 6.07) is 16.4. The highest BCUT2D eigenvalue weighted by molar-refractivity contribution is 6.35. The maximum absolute atomic E-state index is 12.0. The summed E-state index contributed by atoms with van der Waals surface area (Å²) in [6.07, 6.45) is 3.03. The van der Waals surface area contributed by atoms with E-state index in [-0.39, 0.29) is 5.91 Å². The highest BCUT2D eigenvalue weighted by Gasteiger charge is 2.06. The fraction of sp³-hybridized carbons (Fsp3) is 0.0500. The van der Waals surface area contributed by atoms with E-state index in [2.05, 4.69) is 5.32 Å². The predicted octanol–water partition coefficient (Wildman–Crippen LogP) is 6.21.